The van der Waals surface area contributed by atoms with Crippen LogP contribution >= 0.6 is 0 Å². The fourth-order valence-corrected chi connectivity index (χ4v) is 1.24. The molecule has 1 heterocycles. The Morgan fingerprint density at radius 1 is 1.15 bits per heavy atom. The normalized spacial score (nSPS) is 9.46. The summed E-state index contributed by atoms with van der Waals surface area (Å²) < 4.78 is 0. The molecule has 1 aromatic carbocycles. The van der Waals surface area contributed by atoms with E-state index in [9.17, 15) is 0 Å². The molecular weight excluding hydrogens is 158 g/mol. The van der Waals surface area contributed by atoms with Gasteiger partial charge in [-0.05, 0) is 23.9 Å². The van der Waals surface area contributed by atoms with Crippen molar-refractivity contribution in [2.75, 3.05) is 0 Å². The van der Waals surface area contributed by atoms with Gasteiger partial charge in [0.05, 0.1) is 0 Å². The van der Waals surface area contributed by atoms with Gasteiger partial charge in [-0.2, -0.15) is 0 Å². The maximum Gasteiger partial charge on any atom is 0.0483 e. The molecule has 0 saturated heterocycles. The number of nitrogens with one attached hydrogen (secondary N) is 1. The Morgan fingerprint density at radius 2 is 1.85 bits per heavy atom. The van der Waals surface area contributed by atoms with Gasteiger partial charge in [0, 0.05) is 11.7 Å². The summed E-state index contributed by atoms with van der Waals surface area (Å²) in [6.07, 6.45) is 3.22. The van der Waals surface area contributed by atoms with Crippen molar-refractivity contribution in [3.63, 3.8) is 0 Å². The Hall–Kier alpha value is -1.24. The fourth-order valence-electron chi connectivity index (χ4n) is 1.24. The molecule has 0 saturated carbocycles. The summed E-state index contributed by atoms with van der Waals surface area (Å²) in [5.74, 6) is 0. The summed E-state index contributed by atoms with van der Waals surface area (Å²) >= 11 is 0. The number of rotatable bonds is 0. The standard InChI is InChI=1S/C9H9N.C3H8/c1-7-3-2-4-8-5-6-10-9(7)8;1-3-2/h2-6,10H,1H3;3H2,1-2H3. The van der Waals surface area contributed by atoms with Crippen molar-refractivity contribution < 1.29 is 0 Å². The van der Waals surface area contributed by atoms with Crippen molar-refractivity contribution >= 4 is 10.9 Å². The second kappa shape index (κ2) is 4.70. The van der Waals surface area contributed by atoms with Crippen molar-refractivity contribution in [2.45, 2.75) is 27.2 Å². The highest BCUT2D eigenvalue weighted by Crippen LogP contribution is 2.14. The molecule has 13 heavy (non-hydrogen) atoms. The van der Waals surface area contributed by atoms with Crippen LogP contribution in [0, 0.1) is 6.92 Å². The number of H-pyrrole nitrogens is 1. The van der Waals surface area contributed by atoms with E-state index in [2.05, 4.69) is 50.0 Å². The van der Waals surface area contributed by atoms with E-state index in [4.69, 9.17) is 0 Å². The Kier molecular flexibility index (Phi) is 3.56. The van der Waals surface area contributed by atoms with Gasteiger partial charge in [0.1, 0.15) is 0 Å². The van der Waals surface area contributed by atoms with Gasteiger partial charge in [0.25, 0.3) is 0 Å². The van der Waals surface area contributed by atoms with E-state index in [0.29, 0.717) is 0 Å². The van der Waals surface area contributed by atoms with E-state index in [1.807, 2.05) is 6.20 Å². The molecule has 1 N–H and O–H groups in total. The molecule has 0 atom stereocenters. The molecule has 0 aliphatic carbocycles. The molecule has 0 radical (unpaired) electrons. The van der Waals surface area contributed by atoms with Gasteiger partial charge in [-0.3, -0.25) is 0 Å². The second-order valence-electron chi connectivity index (χ2n) is 3.22. The van der Waals surface area contributed by atoms with E-state index in [0.717, 1.165) is 0 Å². The van der Waals surface area contributed by atoms with Crippen LogP contribution in [0.15, 0.2) is 30.5 Å². The van der Waals surface area contributed by atoms with Gasteiger partial charge in [0.15, 0.2) is 0 Å². The lowest BCUT2D eigenvalue weighted by Gasteiger charge is -1.92. The van der Waals surface area contributed by atoms with Crippen LogP contribution in [0.5, 0.6) is 0 Å². The highest BCUT2D eigenvalue weighted by Gasteiger charge is 1.93. The Labute approximate surface area is 79.8 Å². The maximum atomic E-state index is 3.19. The van der Waals surface area contributed by atoms with Crippen LogP contribution in [-0.2, 0) is 0 Å². The van der Waals surface area contributed by atoms with E-state index in [-0.39, 0.29) is 0 Å². The summed E-state index contributed by atoms with van der Waals surface area (Å²) in [6, 6.07) is 8.38. The first-order chi connectivity index (χ1) is 6.29. The monoisotopic (exact) mass is 175 g/mol. The van der Waals surface area contributed by atoms with Crippen LogP contribution in [0.25, 0.3) is 10.9 Å². The molecule has 0 aliphatic rings. The lowest BCUT2D eigenvalue weighted by atomic mass is 10.2. The summed E-state index contributed by atoms with van der Waals surface area (Å²) in [6.45, 7) is 6.36. The van der Waals surface area contributed by atoms with Crippen LogP contribution in [-0.4, -0.2) is 4.98 Å². The number of benzene rings is 1. The quantitative estimate of drug-likeness (QED) is 0.625. The van der Waals surface area contributed by atoms with Crippen LogP contribution < -0.4 is 0 Å². The van der Waals surface area contributed by atoms with E-state index < -0.39 is 0 Å². The lowest BCUT2D eigenvalue weighted by Crippen LogP contribution is -1.72. The van der Waals surface area contributed by atoms with Crippen molar-refractivity contribution in [1.82, 2.24) is 4.98 Å². The van der Waals surface area contributed by atoms with Crippen molar-refractivity contribution in [1.29, 1.82) is 0 Å². The predicted molar refractivity (Wildman–Crippen MR) is 59.0 cm³/mol. The number of hydrogen-bond donors (Lipinski definition) is 1. The number of aromatic nitrogens is 1. The van der Waals surface area contributed by atoms with Gasteiger partial charge < -0.3 is 4.98 Å². The molecule has 0 bridgehead atoms. The van der Waals surface area contributed by atoms with Gasteiger partial charge in [-0.1, -0.05) is 38.5 Å². The highest BCUT2D eigenvalue weighted by molar-refractivity contribution is 5.82. The molecular formula is C12H17N. The number of aryl methyl sites for hydroxylation is 1. The second-order valence-corrected chi connectivity index (χ2v) is 3.22. The van der Waals surface area contributed by atoms with E-state index in [1.54, 1.807) is 0 Å². The van der Waals surface area contributed by atoms with Crippen LogP contribution in [0.3, 0.4) is 0 Å². The summed E-state index contributed by atoms with van der Waals surface area (Å²) in [7, 11) is 0. The lowest BCUT2D eigenvalue weighted by molar-refractivity contribution is 1.09. The largest absolute Gasteiger partial charge is 0.361 e. The zero-order valence-electron chi connectivity index (χ0n) is 8.59. The summed E-state index contributed by atoms with van der Waals surface area (Å²) in [5, 5.41) is 1.29. The molecule has 0 unspecified atom stereocenters. The Bertz CT molecular complexity index is 360. The number of hydrogen-bond acceptors (Lipinski definition) is 0. The van der Waals surface area contributed by atoms with Crippen LogP contribution in [0.2, 0.25) is 0 Å². The molecule has 2 rings (SSSR count). The molecule has 1 heteroatoms. The average Bonchev–Trinajstić information content (AvgIpc) is 2.54. The fraction of sp³-hybridized carbons (Fsp3) is 0.333. The Balaban J connectivity index is 0.000000251. The minimum atomic E-state index is 1.25. The highest BCUT2D eigenvalue weighted by atomic mass is 14.7. The zero-order valence-corrected chi connectivity index (χ0v) is 8.59. The van der Waals surface area contributed by atoms with E-state index in [1.165, 1.54) is 22.9 Å². The number of fused-ring (bicyclic) bond motifs is 1. The molecule has 1 nitrogen and oxygen atoms in total. The van der Waals surface area contributed by atoms with Crippen molar-refractivity contribution in [3.8, 4) is 0 Å². The smallest absolute Gasteiger partial charge is 0.0483 e. The van der Waals surface area contributed by atoms with Crippen LogP contribution in [0.4, 0.5) is 0 Å². The predicted octanol–water partition coefficient (Wildman–Crippen LogP) is 3.89. The molecule has 2 aromatic rings. The minimum absolute atomic E-state index is 1.25. The first-order valence-electron chi connectivity index (χ1n) is 4.82. The summed E-state index contributed by atoms with van der Waals surface area (Å²) in [5.41, 5.74) is 2.56. The molecule has 1 aromatic heterocycles. The third kappa shape index (κ3) is 2.35. The molecule has 70 valence electrons. The molecule has 0 spiro atoms. The number of aromatic amines is 1. The minimum Gasteiger partial charge on any atom is -0.361 e. The van der Waals surface area contributed by atoms with Gasteiger partial charge in [0.2, 0.25) is 0 Å². The first kappa shape index (κ1) is 9.85. The van der Waals surface area contributed by atoms with Crippen LogP contribution in [0.1, 0.15) is 25.8 Å². The maximum absolute atomic E-state index is 3.19. The van der Waals surface area contributed by atoms with Crippen molar-refractivity contribution in [3.05, 3.63) is 36.0 Å². The zero-order chi connectivity index (χ0) is 9.68. The van der Waals surface area contributed by atoms with Gasteiger partial charge in [-0.15, -0.1) is 0 Å². The summed E-state index contributed by atoms with van der Waals surface area (Å²) in [4.78, 5) is 3.19. The first-order valence-corrected chi connectivity index (χ1v) is 4.82. The third-order valence-corrected chi connectivity index (χ3v) is 1.80. The number of para-hydroxylation sites is 1. The molecule has 0 amide bonds. The van der Waals surface area contributed by atoms with Gasteiger partial charge in [-0.25, -0.2) is 0 Å². The van der Waals surface area contributed by atoms with E-state index >= 15 is 0 Å². The van der Waals surface area contributed by atoms with Gasteiger partial charge >= 0.3 is 0 Å². The molecule has 0 fully saturated rings. The topological polar surface area (TPSA) is 15.8 Å². The molecule has 0 aliphatic heterocycles. The third-order valence-electron chi connectivity index (χ3n) is 1.80. The Morgan fingerprint density at radius 3 is 2.46 bits per heavy atom. The SMILES string of the molecule is CCC.Cc1cccc2cc[nH]c12. The van der Waals surface area contributed by atoms with Crippen molar-refractivity contribution in [2.24, 2.45) is 0 Å². The average molecular weight is 175 g/mol.